The highest BCUT2D eigenvalue weighted by Crippen LogP contribution is 2.19. The van der Waals surface area contributed by atoms with Crippen molar-refractivity contribution in [3.05, 3.63) is 41.5 Å². The minimum Gasteiger partial charge on any atom is -0.444 e. The van der Waals surface area contributed by atoms with Crippen molar-refractivity contribution in [1.29, 1.82) is 0 Å². The number of halogens is 1. The number of nitrogens with one attached hydrogen (secondary N) is 1. The largest absolute Gasteiger partial charge is 0.444 e. The number of nitrogens with zero attached hydrogens (tertiary/aromatic N) is 5. The first-order chi connectivity index (χ1) is 15.1. The van der Waals surface area contributed by atoms with Crippen LogP contribution in [0.1, 0.15) is 57.5 Å². The smallest absolute Gasteiger partial charge is 0.410 e. The third-order valence-corrected chi connectivity index (χ3v) is 5.32. The Hall–Kier alpha value is -3.04. The van der Waals surface area contributed by atoms with E-state index < -0.39 is 11.6 Å². The molecule has 0 radical (unpaired) electrons. The summed E-state index contributed by atoms with van der Waals surface area (Å²) in [6.07, 6.45) is 2.14. The van der Waals surface area contributed by atoms with Crippen LogP contribution in [0.3, 0.4) is 0 Å². The lowest BCUT2D eigenvalue weighted by atomic mass is 10.0. The molecule has 9 nitrogen and oxygen atoms in total. The Balaban J connectivity index is 1.66. The van der Waals surface area contributed by atoms with Crippen LogP contribution in [-0.2, 0) is 16.0 Å². The molecule has 1 fully saturated rings. The van der Waals surface area contributed by atoms with E-state index in [1.165, 1.54) is 16.8 Å². The number of hydrogen-bond donors (Lipinski definition) is 1. The van der Waals surface area contributed by atoms with E-state index in [4.69, 9.17) is 4.74 Å². The Morgan fingerprint density at radius 2 is 1.94 bits per heavy atom. The highest BCUT2D eigenvalue weighted by molar-refractivity contribution is 5.81. The van der Waals surface area contributed by atoms with Crippen molar-refractivity contribution < 1.29 is 18.7 Å². The number of amides is 2. The van der Waals surface area contributed by atoms with Gasteiger partial charge in [0.05, 0.1) is 0 Å². The van der Waals surface area contributed by atoms with E-state index in [0.29, 0.717) is 31.8 Å². The quantitative estimate of drug-likeness (QED) is 0.758. The van der Waals surface area contributed by atoms with Crippen LogP contribution in [0, 0.1) is 12.7 Å². The van der Waals surface area contributed by atoms with Crippen LogP contribution in [-0.4, -0.2) is 61.8 Å². The zero-order valence-corrected chi connectivity index (χ0v) is 19.0. The van der Waals surface area contributed by atoms with Gasteiger partial charge in [0.1, 0.15) is 23.3 Å². The Kier molecular flexibility index (Phi) is 7.42. The molecule has 2 aromatic rings. The minimum absolute atomic E-state index is 0.0811. The molecule has 0 spiro atoms. The summed E-state index contributed by atoms with van der Waals surface area (Å²) in [5, 5.41) is 14.7. The van der Waals surface area contributed by atoms with Gasteiger partial charge < -0.3 is 15.0 Å². The van der Waals surface area contributed by atoms with Crippen LogP contribution < -0.4 is 5.32 Å². The summed E-state index contributed by atoms with van der Waals surface area (Å²) in [7, 11) is 0. The number of carbonyl (C=O) groups excluding carboxylic acids is 2. The Morgan fingerprint density at radius 3 is 2.56 bits per heavy atom. The maximum atomic E-state index is 13.3. The molecule has 3 rings (SSSR count). The number of tetrazole rings is 1. The molecule has 0 aliphatic carbocycles. The number of benzene rings is 1. The average molecular weight is 447 g/mol. The molecular weight excluding hydrogens is 415 g/mol. The van der Waals surface area contributed by atoms with Gasteiger partial charge in [0.2, 0.25) is 5.91 Å². The SMILES string of the molecule is Cc1nnnn1[C@@H](Cc1ccc(F)cc1)C(=O)N[C@H]1CCCN(C(=O)OC(C)(C)C)CC1. The molecule has 0 unspecified atom stereocenters. The maximum Gasteiger partial charge on any atom is 0.410 e. The number of aryl methyl sites for hydroxylation is 1. The summed E-state index contributed by atoms with van der Waals surface area (Å²) < 4.78 is 20.3. The first kappa shape index (κ1) is 23.6. The zero-order valence-electron chi connectivity index (χ0n) is 19.0. The van der Waals surface area contributed by atoms with Gasteiger partial charge in [-0.25, -0.2) is 13.9 Å². The van der Waals surface area contributed by atoms with Crippen molar-refractivity contribution in [2.24, 2.45) is 0 Å². The summed E-state index contributed by atoms with van der Waals surface area (Å²) in [4.78, 5) is 27.3. The summed E-state index contributed by atoms with van der Waals surface area (Å²) in [6, 6.07) is 5.29. The number of carbonyl (C=O) groups is 2. The monoisotopic (exact) mass is 446 g/mol. The van der Waals surface area contributed by atoms with Crippen molar-refractivity contribution in [1.82, 2.24) is 30.4 Å². The van der Waals surface area contributed by atoms with E-state index in [2.05, 4.69) is 20.8 Å². The van der Waals surface area contributed by atoms with Crippen LogP contribution in [0.5, 0.6) is 0 Å². The van der Waals surface area contributed by atoms with Crippen molar-refractivity contribution in [3.63, 3.8) is 0 Å². The summed E-state index contributed by atoms with van der Waals surface area (Å²) >= 11 is 0. The normalized spacial score (nSPS) is 18.0. The predicted molar refractivity (Wildman–Crippen MR) is 115 cm³/mol. The Bertz CT molecular complexity index is 924. The molecule has 32 heavy (non-hydrogen) atoms. The van der Waals surface area contributed by atoms with Gasteiger partial charge in [-0.15, -0.1) is 5.10 Å². The lowest BCUT2D eigenvalue weighted by molar-refractivity contribution is -0.125. The van der Waals surface area contributed by atoms with Crippen molar-refractivity contribution >= 4 is 12.0 Å². The van der Waals surface area contributed by atoms with Crippen LogP contribution >= 0.6 is 0 Å². The highest BCUT2D eigenvalue weighted by atomic mass is 19.1. The molecule has 1 N–H and O–H groups in total. The standard InChI is InChI=1S/C22H31FN6O3/c1-15-25-26-27-29(15)19(14-16-7-9-17(23)10-8-16)20(30)24-18-6-5-12-28(13-11-18)21(31)32-22(2,3)4/h7-10,18-19H,5-6,11-14H2,1-4H3,(H,24,30)/t18-,19-/m0/s1. The fourth-order valence-corrected chi connectivity index (χ4v) is 3.71. The minimum atomic E-state index is -0.666. The van der Waals surface area contributed by atoms with Crippen LogP contribution in [0.2, 0.25) is 0 Å². The molecule has 10 heteroatoms. The molecule has 1 aliphatic heterocycles. The summed E-state index contributed by atoms with van der Waals surface area (Å²) in [5.41, 5.74) is 0.257. The average Bonchev–Trinajstić information content (AvgIpc) is 2.99. The molecule has 1 saturated heterocycles. The van der Waals surface area contributed by atoms with Gasteiger partial charge in [-0.3, -0.25) is 4.79 Å². The Labute approximate surface area is 187 Å². The molecule has 0 saturated carbocycles. The molecule has 1 aromatic carbocycles. The molecular formula is C22H31FN6O3. The van der Waals surface area contributed by atoms with E-state index in [9.17, 15) is 14.0 Å². The molecule has 2 atom stereocenters. The van der Waals surface area contributed by atoms with Crippen molar-refractivity contribution in [3.8, 4) is 0 Å². The van der Waals surface area contributed by atoms with Crippen molar-refractivity contribution in [2.75, 3.05) is 13.1 Å². The van der Waals surface area contributed by atoms with Gasteiger partial charge in [0, 0.05) is 25.6 Å². The Morgan fingerprint density at radius 1 is 1.22 bits per heavy atom. The topological polar surface area (TPSA) is 102 Å². The van der Waals surface area contributed by atoms with E-state index >= 15 is 0 Å². The fourth-order valence-electron chi connectivity index (χ4n) is 3.71. The summed E-state index contributed by atoms with van der Waals surface area (Å²) in [6.45, 7) is 8.35. The van der Waals surface area contributed by atoms with Crippen LogP contribution in [0.25, 0.3) is 0 Å². The molecule has 2 heterocycles. The molecule has 1 aliphatic rings. The second-order valence-corrected chi connectivity index (χ2v) is 9.12. The van der Waals surface area contributed by atoms with Gasteiger partial charge in [-0.05, 0) is 75.1 Å². The first-order valence-corrected chi connectivity index (χ1v) is 10.9. The van der Waals surface area contributed by atoms with Gasteiger partial charge in [-0.1, -0.05) is 12.1 Å². The maximum absolute atomic E-state index is 13.3. The van der Waals surface area contributed by atoms with Gasteiger partial charge in [-0.2, -0.15) is 0 Å². The van der Waals surface area contributed by atoms with Gasteiger partial charge >= 0.3 is 6.09 Å². The highest BCUT2D eigenvalue weighted by Gasteiger charge is 2.29. The molecule has 0 bridgehead atoms. The predicted octanol–water partition coefficient (Wildman–Crippen LogP) is 2.81. The lowest BCUT2D eigenvalue weighted by Crippen LogP contribution is -2.42. The fraction of sp³-hybridized carbons (Fsp3) is 0.591. The number of hydrogen-bond acceptors (Lipinski definition) is 6. The third-order valence-electron chi connectivity index (χ3n) is 5.32. The molecule has 1 aromatic heterocycles. The summed E-state index contributed by atoms with van der Waals surface area (Å²) in [5.74, 6) is -0.0222. The van der Waals surface area contributed by atoms with Crippen molar-refractivity contribution in [2.45, 2.75) is 71.1 Å². The zero-order chi connectivity index (χ0) is 23.3. The van der Waals surface area contributed by atoms with E-state index in [1.807, 2.05) is 20.8 Å². The number of aromatic nitrogens is 4. The second-order valence-electron chi connectivity index (χ2n) is 9.12. The van der Waals surface area contributed by atoms with Gasteiger partial charge in [0.15, 0.2) is 0 Å². The van der Waals surface area contributed by atoms with E-state index in [-0.39, 0.29) is 23.9 Å². The third kappa shape index (κ3) is 6.48. The molecule has 2 amide bonds. The number of likely N-dealkylation sites (tertiary alicyclic amines) is 1. The van der Waals surface area contributed by atoms with E-state index in [0.717, 1.165) is 18.4 Å². The number of rotatable bonds is 5. The van der Waals surface area contributed by atoms with Gasteiger partial charge in [0.25, 0.3) is 0 Å². The van der Waals surface area contributed by atoms with Crippen LogP contribution in [0.15, 0.2) is 24.3 Å². The second kappa shape index (κ2) is 10.1. The number of ether oxygens (including phenoxy) is 1. The first-order valence-electron chi connectivity index (χ1n) is 10.9. The lowest BCUT2D eigenvalue weighted by Gasteiger charge is -2.26. The molecule has 174 valence electrons. The van der Waals surface area contributed by atoms with Crippen LogP contribution in [0.4, 0.5) is 9.18 Å². The van der Waals surface area contributed by atoms with E-state index in [1.54, 1.807) is 24.0 Å².